The lowest BCUT2D eigenvalue weighted by molar-refractivity contribution is -0.122. The Morgan fingerprint density at radius 2 is 1.82 bits per heavy atom. The monoisotopic (exact) mass is 380 g/mol. The summed E-state index contributed by atoms with van der Waals surface area (Å²) in [6.07, 6.45) is 1.98. The zero-order valence-electron chi connectivity index (χ0n) is 15.9. The lowest BCUT2D eigenvalue weighted by atomic mass is 10.1. The van der Waals surface area contributed by atoms with E-state index in [4.69, 9.17) is 4.74 Å². The summed E-state index contributed by atoms with van der Waals surface area (Å²) < 4.78 is 5.17. The highest BCUT2D eigenvalue weighted by Crippen LogP contribution is 2.25. The largest absolute Gasteiger partial charge is 0.462 e. The van der Waals surface area contributed by atoms with Gasteiger partial charge in [0.15, 0.2) is 0 Å². The van der Waals surface area contributed by atoms with Crippen LogP contribution in [0.3, 0.4) is 0 Å². The minimum atomic E-state index is -0.411. The van der Waals surface area contributed by atoms with Crippen LogP contribution in [0.15, 0.2) is 54.6 Å². The molecule has 3 rings (SSSR count). The van der Waals surface area contributed by atoms with Crippen molar-refractivity contribution < 1.29 is 19.1 Å². The molecule has 0 unspecified atom stereocenters. The number of hydrogen-bond donors (Lipinski definition) is 1. The molecule has 1 aliphatic rings. The summed E-state index contributed by atoms with van der Waals surface area (Å²) in [4.78, 5) is 38.4. The topological polar surface area (TPSA) is 75.7 Å². The smallest absolute Gasteiger partial charge is 0.338 e. The molecule has 0 spiro atoms. The molecule has 1 fully saturated rings. The molecule has 6 nitrogen and oxygen atoms in total. The summed E-state index contributed by atoms with van der Waals surface area (Å²) in [5.41, 5.74) is 1.83. The van der Waals surface area contributed by atoms with Gasteiger partial charge in [0.2, 0.25) is 11.8 Å². The highest BCUT2D eigenvalue weighted by Gasteiger charge is 2.35. The Hall–Kier alpha value is -3.15. The van der Waals surface area contributed by atoms with Gasteiger partial charge >= 0.3 is 5.97 Å². The minimum Gasteiger partial charge on any atom is -0.462 e. The molecule has 0 saturated carbocycles. The van der Waals surface area contributed by atoms with Gasteiger partial charge in [0.1, 0.15) is 0 Å². The average Bonchev–Trinajstić information content (AvgIpc) is 3.11. The summed E-state index contributed by atoms with van der Waals surface area (Å²) in [5.74, 6) is -1.04. The summed E-state index contributed by atoms with van der Waals surface area (Å²) >= 11 is 0. The fourth-order valence-electron chi connectivity index (χ4n) is 3.07. The molecule has 0 bridgehead atoms. The van der Waals surface area contributed by atoms with Crippen molar-refractivity contribution in [2.24, 2.45) is 5.92 Å². The molecule has 2 amide bonds. The summed E-state index contributed by atoms with van der Waals surface area (Å²) in [6, 6.07) is 15.9. The van der Waals surface area contributed by atoms with Gasteiger partial charge in [-0.3, -0.25) is 9.59 Å². The van der Waals surface area contributed by atoms with Gasteiger partial charge in [0.25, 0.3) is 0 Å². The predicted octanol–water partition coefficient (Wildman–Crippen LogP) is 3.64. The van der Waals surface area contributed by atoms with E-state index in [2.05, 4.69) is 5.32 Å². The normalized spacial score (nSPS) is 16.1. The number of para-hydroxylation sites is 1. The molecule has 2 aromatic carbocycles. The van der Waals surface area contributed by atoms with Crippen molar-refractivity contribution in [3.8, 4) is 0 Å². The Kier molecular flexibility index (Phi) is 6.42. The molecule has 1 aliphatic heterocycles. The molecule has 146 valence electrons. The molecule has 0 aromatic heterocycles. The SMILES string of the molecule is CCCCOC(=O)c1ccc(NC(=O)[C@H]2CC(=O)N(c3ccccc3)C2)cc1. The second kappa shape index (κ2) is 9.17. The molecular weight excluding hydrogens is 356 g/mol. The number of benzene rings is 2. The van der Waals surface area contributed by atoms with E-state index >= 15 is 0 Å². The number of unbranched alkanes of at least 4 members (excludes halogenated alkanes) is 1. The van der Waals surface area contributed by atoms with Crippen LogP contribution in [0.5, 0.6) is 0 Å². The lowest BCUT2D eigenvalue weighted by Crippen LogP contribution is -2.28. The maximum Gasteiger partial charge on any atom is 0.338 e. The van der Waals surface area contributed by atoms with E-state index < -0.39 is 5.92 Å². The van der Waals surface area contributed by atoms with E-state index in [1.54, 1.807) is 29.2 Å². The Labute approximate surface area is 164 Å². The van der Waals surface area contributed by atoms with Gasteiger partial charge in [-0.15, -0.1) is 0 Å². The van der Waals surface area contributed by atoms with Crippen LogP contribution in [0, 0.1) is 5.92 Å². The minimum absolute atomic E-state index is 0.0588. The van der Waals surface area contributed by atoms with Crippen molar-refractivity contribution in [2.75, 3.05) is 23.4 Å². The first-order valence-electron chi connectivity index (χ1n) is 9.52. The molecular formula is C22H24N2O4. The van der Waals surface area contributed by atoms with Crippen LogP contribution in [0.4, 0.5) is 11.4 Å². The molecule has 1 saturated heterocycles. The third-order valence-corrected chi connectivity index (χ3v) is 4.68. The molecule has 1 N–H and O–H groups in total. The summed E-state index contributed by atoms with van der Waals surface area (Å²) in [6.45, 7) is 2.79. The second-order valence-electron chi connectivity index (χ2n) is 6.80. The quantitative estimate of drug-likeness (QED) is 0.588. The molecule has 1 atom stereocenters. The first kappa shape index (κ1) is 19.6. The number of carbonyl (C=O) groups is 3. The van der Waals surface area contributed by atoms with Gasteiger partial charge in [-0.1, -0.05) is 31.5 Å². The second-order valence-corrected chi connectivity index (χ2v) is 6.80. The number of carbonyl (C=O) groups excluding carboxylic acids is 3. The standard InChI is InChI=1S/C22H24N2O4/c1-2-3-13-28-22(27)16-9-11-18(12-10-16)23-21(26)17-14-20(25)24(15-17)19-7-5-4-6-8-19/h4-12,17H,2-3,13-15H2,1H3,(H,23,26)/t17-/m0/s1. The van der Waals surface area contributed by atoms with Gasteiger partial charge in [0.05, 0.1) is 18.1 Å². The van der Waals surface area contributed by atoms with Crippen LogP contribution in [-0.2, 0) is 14.3 Å². The first-order chi connectivity index (χ1) is 13.6. The third-order valence-electron chi connectivity index (χ3n) is 4.68. The van der Waals surface area contributed by atoms with Crippen LogP contribution in [0.2, 0.25) is 0 Å². The Morgan fingerprint density at radius 3 is 2.50 bits per heavy atom. The van der Waals surface area contributed by atoms with E-state index in [0.717, 1.165) is 18.5 Å². The first-order valence-corrected chi connectivity index (χ1v) is 9.52. The van der Waals surface area contributed by atoms with E-state index in [1.165, 1.54) is 0 Å². The van der Waals surface area contributed by atoms with Crippen molar-refractivity contribution in [3.05, 3.63) is 60.2 Å². The highest BCUT2D eigenvalue weighted by molar-refractivity contribution is 6.03. The van der Waals surface area contributed by atoms with Crippen molar-refractivity contribution in [1.82, 2.24) is 0 Å². The highest BCUT2D eigenvalue weighted by atomic mass is 16.5. The van der Waals surface area contributed by atoms with Crippen molar-refractivity contribution in [1.29, 1.82) is 0 Å². The van der Waals surface area contributed by atoms with Gasteiger partial charge in [-0.25, -0.2) is 4.79 Å². The maximum atomic E-state index is 12.5. The number of nitrogens with zero attached hydrogens (tertiary/aromatic N) is 1. The van der Waals surface area contributed by atoms with E-state index in [0.29, 0.717) is 24.4 Å². The average molecular weight is 380 g/mol. The Balaban J connectivity index is 1.56. The molecule has 1 heterocycles. The van der Waals surface area contributed by atoms with Gasteiger partial charge in [0, 0.05) is 24.3 Å². The number of rotatable bonds is 7. The fourth-order valence-corrected chi connectivity index (χ4v) is 3.07. The van der Waals surface area contributed by atoms with Crippen molar-refractivity contribution in [3.63, 3.8) is 0 Å². The van der Waals surface area contributed by atoms with Crippen LogP contribution in [-0.4, -0.2) is 30.9 Å². The number of esters is 1. The summed E-state index contributed by atoms with van der Waals surface area (Å²) in [7, 11) is 0. The number of amides is 2. The molecule has 2 aromatic rings. The van der Waals surface area contributed by atoms with E-state index in [9.17, 15) is 14.4 Å². The van der Waals surface area contributed by atoms with E-state index in [1.807, 2.05) is 37.3 Å². The molecule has 28 heavy (non-hydrogen) atoms. The number of ether oxygens (including phenoxy) is 1. The Bertz CT molecular complexity index is 833. The van der Waals surface area contributed by atoms with Crippen molar-refractivity contribution in [2.45, 2.75) is 26.2 Å². The summed E-state index contributed by atoms with van der Waals surface area (Å²) in [5, 5.41) is 2.82. The van der Waals surface area contributed by atoms with Gasteiger partial charge < -0.3 is 15.0 Å². The van der Waals surface area contributed by atoms with Crippen LogP contribution < -0.4 is 10.2 Å². The number of anilines is 2. The van der Waals surface area contributed by atoms with Gasteiger partial charge in [-0.2, -0.15) is 0 Å². The predicted molar refractivity (Wildman–Crippen MR) is 107 cm³/mol. The maximum absolute atomic E-state index is 12.5. The van der Waals surface area contributed by atoms with Crippen molar-refractivity contribution >= 4 is 29.2 Å². The Morgan fingerprint density at radius 1 is 1.11 bits per heavy atom. The fraction of sp³-hybridized carbons (Fsp3) is 0.318. The van der Waals surface area contributed by atoms with Crippen LogP contribution >= 0.6 is 0 Å². The van der Waals surface area contributed by atoms with Crippen LogP contribution in [0.1, 0.15) is 36.5 Å². The van der Waals surface area contributed by atoms with Gasteiger partial charge in [-0.05, 0) is 42.8 Å². The zero-order valence-corrected chi connectivity index (χ0v) is 15.9. The number of hydrogen-bond acceptors (Lipinski definition) is 4. The molecule has 0 radical (unpaired) electrons. The lowest BCUT2D eigenvalue weighted by Gasteiger charge is -2.16. The third kappa shape index (κ3) is 4.76. The molecule has 0 aliphatic carbocycles. The zero-order chi connectivity index (χ0) is 19.9. The number of nitrogens with one attached hydrogen (secondary N) is 1. The van der Waals surface area contributed by atoms with E-state index in [-0.39, 0.29) is 24.2 Å². The van der Waals surface area contributed by atoms with Crippen LogP contribution in [0.25, 0.3) is 0 Å². The molecule has 6 heteroatoms.